The number of aromatic nitrogens is 1. The highest BCUT2D eigenvalue weighted by molar-refractivity contribution is 5.75. The maximum Gasteiger partial charge on any atom is 0.295 e. The van der Waals surface area contributed by atoms with Crippen LogP contribution >= 0.6 is 0 Å². The number of nitrogens with one attached hydrogen (secondary N) is 1. The molecule has 0 atom stereocenters. The molecule has 0 amide bonds. The standard InChI is InChI=1S/C12H15FN2O/c1-12(2,3)7-5-9-10(6-8(7)13)16-11(14-4)15-9/h5-6H,1-4H3,(H,14,15). The molecule has 2 rings (SSSR count). The summed E-state index contributed by atoms with van der Waals surface area (Å²) in [7, 11) is 1.71. The molecule has 0 aliphatic rings. The number of halogens is 1. The second-order valence-electron chi connectivity index (χ2n) is 4.82. The Kier molecular flexibility index (Phi) is 2.37. The summed E-state index contributed by atoms with van der Waals surface area (Å²) in [6.07, 6.45) is 0. The van der Waals surface area contributed by atoms with Crippen molar-refractivity contribution in [1.29, 1.82) is 0 Å². The average Bonchev–Trinajstić information content (AvgIpc) is 2.56. The fourth-order valence-corrected chi connectivity index (χ4v) is 1.63. The molecule has 0 radical (unpaired) electrons. The maximum atomic E-state index is 13.8. The van der Waals surface area contributed by atoms with Gasteiger partial charge in [0.1, 0.15) is 11.3 Å². The number of rotatable bonds is 1. The first-order valence-electron chi connectivity index (χ1n) is 5.20. The van der Waals surface area contributed by atoms with Gasteiger partial charge in [-0.3, -0.25) is 0 Å². The van der Waals surface area contributed by atoms with Crippen LogP contribution in [0.3, 0.4) is 0 Å². The number of anilines is 1. The van der Waals surface area contributed by atoms with Crippen LogP contribution in [0.5, 0.6) is 0 Å². The van der Waals surface area contributed by atoms with E-state index in [4.69, 9.17) is 4.42 Å². The van der Waals surface area contributed by atoms with Crippen molar-refractivity contribution < 1.29 is 8.81 Å². The van der Waals surface area contributed by atoms with E-state index in [1.54, 1.807) is 13.1 Å². The fraction of sp³-hybridized carbons (Fsp3) is 0.417. The molecule has 0 saturated carbocycles. The van der Waals surface area contributed by atoms with Gasteiger partial charge in [-0.25, -0.2) is 4.39 Å². The third-order valence-electron chi connectivity index (χ3n) is 2.50. The third-order valence-corrected chi connectivity index (χ3v) is 2.50. The summed E-state index contributed by atoms with van der Waals surface area (Å²) in [4.78, 5) is 4.20. The van der Waals surface area contributed by atoms with E-state index in [9.17, 15) is 4.39 Å². The number of nitrogens with zero attached hydrogens (tertiary/aromatic N) is 1. The van der Waals surface area contributed by atoms with E-state index in [0.29, 0.717) is 22.7 Å². The number of benzene rings is 1. The van der Waals surface area contributed by atoms with Crippen molar-refractivity contribution in [3.8, 4) is 0 Å². The lowest BCUT2D eigenvalue weighted by atomic mass is 9.86. The van der Waals surface area contributed by atoms with Crippen molar-refractivity contribution in [3.63, 3.8) is 0 Å². The largest absolute Gasteiger partial charge is 0.423 e. The van der Waals surface area contributed by atoms with Crippen LogP contribution in [0.2, 0.25) is 0 Å². The fourth-order valence-electron chi connectivity index (χ4n) is 1.63. The van der Waals surface area contributed by atoms with E-state index in [2.05, 4.69) is 10.3 Å². The number of fused-ring (bicyclic) bond motifs is 1. The molecule has 0 fully saturated rings. The summed E-state index contributed by atoms with van der Waals surface area (Å²) >= 11 is 0. The van der Waals surface area contributed by atoms with E-state index in [1.165, 1.54) is 6.07 Å². The molecule has 3 nitrogen and oxygen atoms in total. The summed E-state index contributed by atoms with van der Waals surface area (Å²) < 4.78 is 19.1. The zero-order chi connectivity index (χ0) is 11.9. The lowest BCUT2D eigenvalue weighted by Crippen LogP contribution is -2.13. The van der Waals surface area contributed by atoms with Crippen LogP contribution in [0, 0.1) is 5.82 Å². The molecular formula is C12H15FN2O. The molecule has 0 aliphatic carbocycles. The number of hydrogen-bond acceptors (Lipinski definition) is 3. The van der Waals surface area contributed by atoms with Crippen LogP contribution in [-0.2, 0) is 5.41 Å². The first-order chi connectivity index (χ1) is 7.41. The van der Waals surface area contributed by atoms with Gasteiger partial charge in [0.15, 0.2) is 5.58 Å². The summed E-state index contributed by atoms with van der Waals surface area (Å²) in [5.74, 6) is -0.251. The normalized spacial score (nSPS) is 12.1. The van der Waals surface area contributed by atoms with Crippen LogP contribution in [-0.4, -0.2) is 12.0 Å². The van der Waals surface area contributed by atoms with Gasteiger partial charge in [-0.15, -0.1) is 0 Å². The Balaban J connectivity index is 2.66. The Labute approximate surface area is 93.7 Å². The van der Waals surface area contributed by atoms with Gasteiger partial charge in [-0.1, -0.05) is 20.8 Å². The number of oxazole rings is 1. The molecule has 1 aromatic heterocycles. The van der Waals surface area contributed by atoms with Crippen molar-refractivity contribution >= 4 is 17.1 Å². The van der Waals surface area contributed by atoms with Crippen molar-refractivity contribution in [2.24, 2.45) is 0 Å². The summed E-state index contributed by atoms with van der Waals surface area (Å²) in [6, 6.07) is 3.54. The lowest BCUT2D eigenvalue weighted by molar-refractivity contribution is 0.522. The summed E-state index contributed by atoms with van der Waals surface area (Å²) in [6.45, 7) is 5.91. The predicted molar refractivity (Wildman–Crippen MR) is 62.2 cm³/mol. The summed E-state index contributed by atoms with van der Waals surface area (Å²) in [5.41, 5.74) is 1.55. The van der Waals surface area contributed by atoms with Gasteiger partial charge < -0.3 is 9.73 Å². The molecule has 4 heteroatoms. The third kappa shape index (κ3) is 1.75. The molecule has 16 heavy (non-hydrogen) atoms. The Morgan fingerprint density at radius 3 is 2.56 bits per heavy atom. The molecule has 1 N–H and O–H groups in total. The predicted octanol–water partition coefficient (Wildman–Crippen LogP) is 3.31. The minimum absolute atomic E-state index is 0.239. The van der Waals surface area contributed by atoms with E-state index >= 15 is 0 Å². The first kappa shape index (κ1) is 10.9. The van der Waals surface area contributed by atoms with E-state index in [-0.39, 0.29) is 11.2 Å². The van der Waals surface area contributed by atoms with E-state index in [1.807, 2.05) is 20.8 Å². The second-order valence-corrected chi connectivity index (χ2v) is 4.82. The quantitative estimate of drug-likeness (QED) is 0.804. The van der Waals surface area contributed by atoms with Crippen LogP contribution < -0.4 is 5.32 Å². The van der Waals surface area contributed by atoms with Crippen molar-refractivity contribution in [1.82, 2.24) is 4.98 Å². The zero-order valence-corrected chi connectivity index (χ0v) is 9.89. The number of hydrogen-bond donors (Lipinski definition) is 1. The van der Waals surface area contributed by atoms with Gasteiger partial charge >= 0.3 is 0 Å². The van der Waals surface area contributed by atoms with Crippen LogP contribution in [0.4, 0.5) is 10.4 Å². The molecule has 0 aliphatic heterocycles. The molecule has 0 saturated heterocycles. The lowest BCUT2D eigenvalue weighted by Gasteiger charge is -2.19. The summed E-state index contributed by atoms with van der Waals surface area (Å²) in [5, 5.41) is 2.79. The van der Waals surface area contributed by atoms with Gasteiger partial charge in [-0.2, -0.15) is 4.98 Å². The molecule has 0 unspecified atom stereocenters. The van der Waals surface area contributed by atoms with Gasteiger partial charge in [0, 0.05) is 13.1 Å². The van der Waals surface area contributed by atoms with Crippen molar-refractivity contribution in [2.45, 2.75) is 26.2 Å². The minimum Gasteiger partial charge on any atom is -0.423 e. The molecule has 0 bridgehead atoms. The maximum absolute atomic E-state index is 13.8. The SMILES string of the molecule is CNc1nc2cc(C(C)(C)C)c(F)cc2o1. The first-order valence-corrected chi connectivity index (χ1v) is 5.20. The topological polar surface area (TPSA) is 38.1 Å². The van der Waals surface area contributed by atoms with Crippen LogP contribution in [0.25, 0.3) is 11.1 Å². The van der Waals surface area contributed by atoms with E-state index in [0.717, 1.165) is 0 Å². The van der Waals surface area contributed by atoms with Gasteiger partial charge in [0.25, 0.3) is 6.01 Å². The monoisotopic (exact) mass is 222 g/mol. The molecule has 2 aromatic rings. The highest BCUT2D eigenvalue weighted by Crippen LogP contribution is 2.29. The average molecular weight is 222 g/mol. The Hall–Kier alpha value is -1.58. The van der Waals surface area contributed by atoms with Crippen LogP contribution in [0.15, 0.2) is 16.5 Å². The minimum atomic E-state index is -0.251. The molecule has 0 spiro atoms. The zero-order valence-electron chi connectivity index (χ0n) is 9.89. The Morgan fingerprint density at radius 1 is 1.31 bits per heavy atom. The highest BCUT2D eigenvalue weighted by Gasteiger charge is 2.20. The van der Waals surface area contributed by atoms with Gasteiger partial charge in [0.05, 0.1) is 0 Å². The molecule has 1 aromatic carbocycles. The highest BCUT2D eigenvalue weighted by atomic mass is 19.1. The second kappa shape index (κ2) is 3.47. The van der Waals surface area contributed by atoms with Crippen molar-refractivity contribution in [3.05, 3.63) is 23.5 Å². The van der Waals surface area contributed by atoms with E-state index < -0.39 is 0 Å². The van der Waals surface area contributed by atoms with Gasteiger partial charge in [0.2, 0.25) is 0 Å². The molecule has 86 valence electrons. The van der Waals surface area contributed by atoms with Crippen LogP contribution in [0.1, 0.15) is 26.3 Å². The Bertz CT molecular complexity index is 526. The molecular weight excluding hydrogens is 207 g/mol. The Morgan fingerprint density at radius 2 is 2.00 bits per heavy atom. The molecule has 1 heterocycles. The smallest absolute Gasteiger partial charge is 0.295 e. The van der Waals surface area contributed by atoms with Crippen molar-refractivity contribution in [2.75, 3.05) is 12.4 Å². The van der Waals surface area contributed by atoms with Gasteiger partial charge in [-0.05, 0) is 17.0 Å².